The summed E-state index contributed by atoms with van der Waals surface area (Å²) in [5.41, 5.74) is 3.58. The number of fused-ring (bicyclic) bond motifs is 1. The highest BCUT2D eigenvalue weighted by Crippen LogP contribution is 2.34. The SMILES string of the molecule is CCC1Oc2ccc([N+](=O)[O-])nc2N(CC(=O)Nc2c(C)cc(C)cc2C)C1=O. The fraction of sp³-hybridized carbons (Fsp3) is 0.350. The van der Waals surface area contributed by atoms with Gasteiger partial charge in [-0.15, -0.1) is 0 Å². The van der Waals surface area contributed by atoms with E-state index in [2.05, 4.69) is 10.3 Å². The molecular weight excluding hydrogens is 376 g/mol. The lowest BCUT2D eigenvalue weighted by atomic mass is 10.1. The molecule has 0 saturated carbocycles. The highest BCUT2D eigenvalue weighted by Gasteiger charge is 2.39. The van der Waals surface area contributed by atoms with Gasteiger partial charge in [-0.25, -0.2) is 0 Å². The molecule has 9 heteroatoms. The highest BCUT2D eigenvalue weighted by atomic mass is 16.6. The van der Waals surface area contributed by atoms with E-state index in [4.69, 9.17) is 4.74 Å². The van der Waals surface area contributed by atoms with Crippen molar-refractivity contribution in [2.75, 3.05) is 16.8 Å². The van der Waals surface area contributed by atoms with Crippen LogP contribution in [0.15, 0.2) is 24.3 Å². The van der Waals surface area contributed by atoms with Crippen molar-refractivity contribution in [2.45, 2.75) is 40.2 Å². The van der Waals surface area contributed by atoms with Gasteiger partial charge in [0, 0.05) is 11.8 Å². The number of benzene rings is 1. The van der Waals surface area contributed by atoms with Crippen LogP contribution in [0.5, 0.6) is 5.75 Å². The molecule has 1 aromatic heterocycles. The van der Waals surface area contributed by atoms with Crippen LogP contribution < -0.4 is 15.0 Å². The number of nitro groups is 1. The number of rotatable bonds is 5. The number of carbonyl (C=O) groups excluding carboxylic acids is 2. The summed E-state index contributed by atoms with van der Waals surface area (Å²) in [4.78, 5) is 41.0. The maximum atomic E-state index is 12.8. The van der Waals surface area contributed by atoms with Crippen molar-refractivity contribution >= 4 is 29.1 Å². The molecule has 0 radical (unpaired) electrons. The Morgan fingerprint density at radius 1 is 1.28 bits per heavy atom. The number of ether oxygens (including phenoxy) is 1. The predicted octanol–water partition coefficient (Wildman–Crippen LogP) is 3.06. The summed E-state index contributed by atoms with van der Waals surface area (Å²) in [6.07, 6.45) is -0.384. The van der Waals surface area contributed by atoms with Crippen LogP contribution in [-0.4, -0.2) is 34.4 Å². The molecule has 29 heavy (non-hydrogen) atoms. The summed E-state index contributed by atoms with van der Waals surface area (Å²) in [7, 11) is 0. The molecule has 1 N–H and O–H groups in total. The summed E-state index contributed by atoms with van der Waals surface area (Å²) in [5.74, 6) is -1.10. The number of anilines is 2. The van der Waals surface area contributed by atoms with Crippen LogP contribution in [0.3, 0.4) is 0 Å². The van der Waals surface area contributed by atoms with Crippen molar-refractivity contribution in [1.82, 2.24) is 4.98 Å². The van der Waals surface area contributed by atoms with Crippen molar-refractivity contribution in [3.05, 3.63) is 51.1 Å². The Labute approximate surface area is 167 Å². The molecule has 1 atom stereocenters. The first kappa shape index (κ1) is 20.2. The number of nitrogens with zero attached hydrogens (tertiary/aromatic N) is 3. The molecule has 1 unspecified atom stereocenters. The van der Waals surface area contributed by atoms with E-state index in [0.29, 0.717) is 12.1 Å². The van der Waals surface area contributed by atoms with E-state index in [1.54, 1.807) is 6.92 Å². The summed E-state index contributed by atoms with van der Waals surface area (Å²) in [6.45, 7) is 7.21. The van der Waals surface area contributed by atoms with Gasteiger partial charge in [0.05, 0.1) is 0 Å². The fourth-order valence-corrected chi connectivity index (χ4v) is 3.41. The van der Waals surface area contributed by atoms with Crippen molar-refractivity contribution < 1.29 is 19.2 Å². The second kappa shape index (κ2) is 7.86. The molecule has 0 fully saturated rings. The van der Waals surface area contributed by atoms with Crippen LogP contribution in [0.2, 0.25) is 0 Å². The zero-order valence-corrected chi connectivity index (χ0v) is 16.7. The molecule has 1 aliphatic rings. The van der Waals surface area contributed by atoms with Gasteiger partial charge in [0.1, 0.15) is 6.54 Å². The standard InChI is InChI=1S/C20H22N4O5/c1-5-14-20(26)23(19-15(29-14)6-7-16(21-19)24(27)28)10-17(25)22-18-12(3)8-11(2)9-13(18)4/h6-9,14H,5,10H2,1-4H3,(H,22,25). The smallest absolute Gasteiger partial charge is 0.366 e. The predicted molar refractivity (Wildman–Crippen MR) is 107 cm³/mol. The van der Waals surface area contributed by atoms with Crippen LogP contribution >= 0.6 is 0 Å². The van der Waals surface area contributed by atoms with E-state index in [1.807, 2.05) is 32.9 Å². The zero-order valence-electron chi connectivity index (χ0n) is 16.7. The number of aryl methyl sites for hydroxylation is 3. The number of amides is 2. The number of hydrogen-bond donors (Lipinski definition) is 1. The van der Waals surface area contributed by atoms with Gasteiger partial charge in [0.2, 0.25) is 5.91 Å². The van der Waals surface area contributed by atoms with Crippen molar-refractivity contribution in [1.29, 1.82) is 0 Å². The van der Waals surface area contributed by atoms with E-state index < -0.39 is 28.7 Å². The Kier molecular flexibility index (Phi) is 5.49. The Balaban J connectivity index is 1.91. The molecule has 2 aromatic rings. The molecule has 9 nitrogen and oxygen atoms in total. The number of hydrogen-bond acceptors (Lipinski definition) is 6. The van der Waals surface area contributed by atoms with Crippen molar-refractivity contribution in [3.8, 4) is 5.75 Å². The largest absolute Gasteiger partial charge is 0.474 e. The molecule has 0 spiro atoms. The monoisotopic (exact) mass is 398 g/mol. The van der Waals surface area contributed by atoms with Gasteiger partial charge in [-0.3, -0.25) is 14.5 Å². The molecule has 3 rings (SSSR count). The van der Waals surface area contributed by atoms with Gasteiger partial charge in [0.15, 0.2) is 11.9 Å². The lowest BCUT2D eigenvalue weighted by Crippen LogP contribution is -2.49. The second-order valence-electron chi connectivity index (χ2n) is 7.01. The Morgan fingerprint density at radius 2 is 1.93 bits per heavy atom. The third kappa shape index (κ3) is 4.03. The number of carbonyl (C=O) groups is 2. The first-order valence-electron chi connectivity index (χ1n) is 9.22. The molecular formula is C20H22N4O5. The third-order valence-corrected chi connectivity index (χ3v) is 4.69. The summed E-state index contributed by atoms with van der Waals surface area (Å²) in [5, 5.41) is 13.9. The topological polar surface area (TPSA) is 115 Å². The van der Waals surface area contributed by atoms with E-state index in [9.17, 15) is 19.7 Å². The van der Waals surface area contributed by atoms with Gasteiger partial charge in [-0.2, -0.15) is 0 Å². The first-order valence-corrected chi connectivity index (χ1v) is 9.22. The van der Waals surface area contributed by atoms with Gasteiger partial charge in [-0.1, -0.05) is 24.6 Å². The van der Waals surface area contributed by atoms with Crippen LogP contribution in [0.4, 0.5) is 17.3 Å². The lowest BCUT2D eigenvalue weighted by Gasteiger charge is -2.30. The molecule has 0 bridgehead atoms. The fourth-order valence-electron chi connectivity index (χ4n) is 3.41. The zero-order chi connectivity index (χ0) is 21.3. The van der Waals surface area contributed by atoms with Crippen LogP contribution in [-0.2, 0) is 9.59 Å². The molecule has 1 aromatic carbocycles. The average Bonchev–Trinajstić information content (AvgIpc) is 2.66. The molecule has 0 saturated heterocycles. The molecule has 1 aliphatic heterocycles. The highest BCUT2D eigenvalue weighted by molar-refractivity contribution is 6.06. The minimum atomic E-state index is -0.776. The second-order valence-corrected chi connectivity index (χ2v) is 7.01. The molecule has 2 amide bonds. The van der Waals surface area contributed by atoms with E-state index in [1.165, 1.54) is 12.1 Å². The Hall–Kier alpha value is -3.49. The Morgan fingerprint density at radius 3 is 2.52 bits per heavy atom. The van der Waals surface area contributed by atoms with Crippen LogP contribution in [0.25, 0.3) is 0 Å². The van der Waals surface area contributed by atoms with Crippen LogP contribution in [0.1, 0.15) is 30.0 Å². The minimum absolute atomic E-state index is 0.0265. The Bertz CT molecular complexity index is 981. The first-order chi connectivity index (χ1) is 13.7. The molecule has 152 valence electrons. The third-order valence-electron chi connectivity index (χ3n) is 4.69. The van der Waals surface area contributed by atoms with E-state index in [0.717, 1.165) is 21.6 Å². The van der Waals surface area contributed by atoms with Gasteiger partial charge < -0.3 is 20.2 Å². The lowest BCUT2D eigenvalue weighted by molar-refractivity contribution is -0.389. The minimum Gasteiger partial charge on any atom is -0.474 e. The summed E-state index contributed by atoms with van der Waals surface area (Å²) in [6, 6.07) is 6.51. The normalized spacial score (nSPS) is 15.5. The van der Waals surface area contributed by atoms with Gasteiger partial charge in [-0.05, 0) is 54.3 Å². The maximum Gasteiger partial charge on any atom is 0.366 e. The van der Waals surface area contributed by atoms with Crippen molar-refractivity contribution in [3.63, 3.8) is 0 Å². The van der Waals surface area contributed by atoms with Crippen molar-refractivity contribution in [2.24, 2.45) is 0 Å². The number of pyridine rings is 1. The molecule has 2 heterocycles. The van der Waals surface area contributed by atoms with E-state index in [-0.39, 0.29) is 18.1 Å². The summed E-state index contributed by atoms with van der Waals surface area (Å²) < 4.78 is 5.60. The average molecular weight is 398 g/mol. The van der Waals surface area contributed by atoms with Gasteiger partial charge >= 0.3 is 5.82 Å². The van der Waals surface area contributed by atoms with Gasteiger partial charge in [0.25, 0.3) is 11.7 Å². The summed E-state index contributed by atoms with van der Waals surface area (Å²) >= 11 is 0. The maximum absolute atomic E-state index is 12.8. The molecule has 0 aliphatic carbocycles. The number of nitrogens with one attached hydrogen (secondary N) is 1. The van der Waals surface area contributed by atoms with E-state index >= 15 is 0 Å². The van der Waals surface area contributed by atoms with Crippen LogP contribution in [0, 0.1) is 30.9 Å². The number of aromatic nitrogens is 1. The quantitative estimate of drug-likeness (QED) is 0.611.